The smallest absolute Gasteiger partial charge is 0.397 e. The average Bonchev–Trinajstić information content (AvgIpc) is 3.72. The van der Waals surface area contributed by atoms with Gasteiger partial charge >= 0.3 is 7.82 Å². The van der Waals surface area contributed by atoms with Gasteiger partial charge in [-0.1, -0.05) is 146 Å². The summed E-state index contributed by atoms with van der Waals surface area (Å²) in [5.41, 5.74) is 6.00. The molecule has 1 aliphatic heterocycles. The molecule has 0 spiro atoms. The van der Waals surface area contributed by atoms with Gasteiger partial charge in [-0.05, 0) is 30.2 Å². The summed E-state index contributed by atoms with van der Waals surface area (Å²) in [4.78, 5) is 10.6. The number of fused-ring (bicyclic) bond motifs is 1. The van der Waals surface area contributed by atoms with Crippen molar-refractivity contribution in [3.63, 3.8) is 0 Å². The molecular formula is C41H63N4O8P. The molecule has 3 aromatic rings. The van der Waals surface area contributed by atoms with Gasteiger partial charge in [0.15, 0.2) is 0 Å². The number of aliphatic hydroxyl groups is 2. The standard InChI is InChI=1S/C41H63N4O8P/c1-2-3-4-5-6-7-8-9-10-11-12-13-14-15-16-17-21-24-34(50-29-33-22-19-18-20-23-33)30-51-54(48,49)52-31-37-39(46)40(47)41(32-42,53-37)38-26-25-36-35(43)27-28-44-45(36)38/h18-20,22-23,25-28,34,37,39-40,46-47H,2-17,21,24,29-31,43H2,1H3,(H,48,49)/t34-,37-,39-,40-,41+/m1/s1. The molecule has 6 atom stereocenters. The summed E-state index contributed by atoms with van der Waals surface area (Å²) in [6.45, 7) is 1.79. The Kier molecular flexibility index (Phi) is 18.9. The van der Waals surface area contributed by atoms with Gasteiger partial charge in [0.25, 0.3) is 0 Å². The third-order valence-corrected chi connectivity index (χ3v) is 11.3. The highest BCUT2D eigenvalue weighted by molar-refractivity contribution is 7.47. The number of benzene rings is 1. The maximum atomic E-state index is 13.0. The average molecular weight is 771 g/mol. The van der Waals surface area contributed by atoms with E-state index in [0.29, 0.717) is 24.2 Å². The van der Waals surface area contributed by atoms with E-state index in [1.165, 1.54) is 107 Å². The number of nitrogen functional groups attached to an aromatic ring is 1. The molecule has 1 aromatic carbocycles. The molecule has 1 unspecified atom stereocenters. The van der Waals surface area contributed by atoms with E-state index in [2.05, 4.69) is 12.0 Å². The number of phosphoric ester groups is 1. The van der Waals surface area contributed by atoms with Crippen molar-refractivity contribution in [2.45, 2.75) is 159 Å². The first-order chi connectivity index (χ1) is 26.2. The Bertz CT molecular complexity index is 1590. The zero-order chi connectivity index (χ0) is 38.7. The predicted octanol–water partition coefficient (Wildman–Crippen LogP) is 8.52. The lowest BCUT2D eigenvalue weighted by atomic mass is 9.92. The van der Waals surface area contributed by atoms with E-state index in [4.69, 9.17) is 24.3 Å². The van der Waals surface area contributed by atoms with Crippen LogP contribution < -0.4 is 5.73 Å². The lowest BCUT2D eigenvalue weighted by Crippen LogP contribution is -2.41. The second-order valence-electron chi connectivity index (χ2n) is 14.7. The third kappa shape index (κ3) is 13.4. The van der Waals surface area contributed by atoms with Crippen molar-refractivity contribution in [3.8, 4) is 6.07 Å². The topological polar surface area (TPSA) is 182 Å². The van der Waals surface area contributed by atoms with E-state index in [1.807, 2.05) is 36.4 Å². The SMILES string of the molecule is CCCCCCCCCCCCCCCCCCC[C@H](COP(=O)(O)OC[C@H]1O[C@@](C#N)(c2ccc3c(N)ccnn23)[C@H](O)[C@@H]1O)OCc1ccccc1. The molecule has 1 aliphatic rings. The van der Waals surface area contributed by atoms with Gasteiger partial charge in [-0.25, -0.2) is 9.08 Å². The highest BCUT2D eigenvalue weighted by Gasteiger charge is 2.58. The Morgan fingerprint density at radius 3 is 2.07 bits per heavy atom. The van der Waals surface area contributed by atoms with Crippen molar-refractivity contribution in [2.24, 2.45) is 0 Å². The van der Waals surface area contributed by atoms with Crippen LogP contribution in [0.5, 0.6) is 0 Å². The van der Waals surface area contributed by atoms with Crippen molar-refractivity contribution in [1.29, 1.82) is 5.26 Å². The minimum atomic E-state index is -4.64. The highest BCUT2D eigenvalue weighted by Crippen LogP contribution is 2.46. The van der Waals surface area contributed by atoms with E-state index < -0.39 is 44.4 Å². The van der Waals surface area contributed by atoms with Crippen LogP contribution in [0.4, 0.5) is 5.69 Å². The zero-order valence-electron chi connectivity index (χ0n) is 32.1. The van der Waals surface area contributed by atoms with Gasteiger partial charge in [0.1, 0.15) is 24.4 Å². The molecule has 54 heavy (non-hydrogen) atoms. The van der Waals surface area contributed by atoms with Crippen molar-refractivity contribution in [2.75, 3.05) is 18.9 Å². The number of hydrogen-bond donors (Lipinski definition) is 4. The summed E-state index contributed by atoms with van der Waals surface area (Å²) in [5.74, 6) is 0. The maximum absolute atomic E-state index is 13.0. The number of rotatable bonds is 28. The number of anilines is 1. The number of unbranched alkanes of at least 4 members (excludes halogenated alkanes) is 16. The molecule has 1 fully saturated rings. The van der Waals surface area contributed by atoms with Crippen molar-refractivity contribution in [3.05, 3.63) is 66.0 Å². The molecule has 0 saturated carbocycles. The van der Waals surface area contributed by atoms with Crippen LogP contribution in [0.2, 0.25) is 0 Å². The lowest BCUT2D eigenvalue weighted by Gasteiger charge is -2.24. The summed E-state index contributed by atoms with van der Waals surface area (Å²) in [6.07, 6.45) is 18.8. The number of aromatic nitrogens is 2. The summed E-state index contributed by atoms with van der Waals surface area (Å²) < 4.78 is 37.0. The molecule has 13 heteroatoms. The van der Waals surface area contributed by atoms with E-state index in [-0.39, 0.29) is 12.3 Å². The molecule has 2 aromatic heterocycles. The summed E-state index contributed by atoms with van der Waals surface area (Å²) in [6, 6.07) is 16.4. The van der Waals surface area contributed by atoms with Gasteiger partial charge in [0.2, 0.25) is 5.60 Å². The molecule has 0 radical (unpaired) electrons. The van der Waals surface area contributed by atoms with Crippen LogP contribution in [0.3, 0.4) is 0 Å². The number of nitrogens with zero attached hydrogens (tertiary/aromatic N) is 3. The molecule has 0 amide bonds. The van der Waals surface area contributed by atoms with Crippen LogP contribution in [-0.4, -0.2) is 62.4 Å². The number of ether oxygens (including phenoxy) is 2. The lowest BCUT2D eigenvalue weighted by molar-refractivity contribution is -0.0658. The monoisotopic (exact) mass is 770 g/mol. The zero-order valence-corrected chi connectivity index (χ0v) is 33.0. The molecule has 1 saturated heterocycles. The van der Waals surface area contributed by atoms with Gasteiger partial charge in [0.05, 0.1) is 42.8 Å². The normalized spacial score (nSPS) is 21.6. The van der Waals surface area contributed by atoms with Crippen LogP contribution in [0.15, 0.2) is 54.7 Å². The molecule has 0 bridgehead atoms. The second-order valence-corrected chi connectivity index (χ2v) is 16.1. The first kappa shape index (κ1) is 43.9. The predicted molar refractivity (Wildman–Crippen MR) is 209 cm³/mol. The van der Waals surface area contributed by atoms with Gasteiger partial charge in [-0.15, -0.1) is 0 Å². The summed E-state index contributed by atoms with van der Waals surface area (Å²) >= 11 is 0. The van der Waals surface area contributed by atoms with Crippen molar-refractivity contribution in [1.82, 2.24) is 9.61 Å². The molecule has 300 valence electrons. The molecule has 4 rings (SSSR count). The summed E-state index contributed by atoms with van der Waals surface area (Å²) in [7, 11) is -4.64. The van der Waals surface area contributed by atoms with E-state index in [9.17, 15) is 24.9 Å². The minimum Gasteiger partial charge on any atom is -0.397 e. The largest absolute Gasteiger partial charge is 0.472 e. The quantitative estimate of drug-likeness (QED) is 0.0410. The molecule has 5 N–H and O–H groups in total. The first-order valence-corrected chi connectivity index (χ1v) is 21.7. The van der Waals surface area contributed by atoms with E-state index in [1.54, 1.807) is 12.1 Å². The number of hydrogen-bond acceptors (Lipinski definition) is 10. The van der Waals surface area contributed by atoms with E-state index >= 15 is 0 Å². The maximum Gasteiger partial charge on any atom is 0.472 e. The van der Waals surface area contributed by atoms with Crippen LogP contribution >= 0.6 is 7.82 Å². The first-order valence-electron chi connectivity index (χ1n) is 20.2. The van der Waals surface area contributed by atoms with Gasteiger partial charge in [-0.3, -0.25) is 9.05 Å². The molecule has 12 nitrogen and oxygen atoms in total. The number of nitrogens with two attached hydrogens (primary N) is 1. The minimum absolute atomic E-state index is 0.146. The number of nitriles is 1. The Hall–Kier alpha value is -2.85. The van der Waals surface area contributed by atoms with Gasteiger partial charge in [-0.2, -0.15) is 10.4 Å². The van der Waals surface area contributed by atoms with Crippen molar-refractivity contribution >= 4 is 19.0 Å². The molecule has 0 aliphatic carbocycles. The Morgan fingerprint density at radius 1 is 0.889 bits per heavy atom. The summed E-state index contributed by atoms with van der Waals surface area (Å²) in [5, 5.41) is 36.2. The van der Waals surface area contributed by atoms with Crippen molar-refractivity contribution < 1.29 is 38.2 Å². The number of aliphatic hydroxyl groups excluding tert-OH is 2. The van der Waals surface area contributed by atoms with Crippen LogP contribution in [0.25, 0.3) is 5.52 Å². The van der Waals surface area contributed by atoms with Crippen LogP contribution in [-0.2, 0) is 35.3 Å². The van der Waals surface area contributed by atoms with E-state index in [0.717, 1.165) is 24.8 Å². The Balaban J connectivity index is 1.17. The fraction of sp³-hybridized carbons (Fsp3) is 0.659. The third-order valence-electron chi connectivity index (χ3n) is 10.4. The second kappa shape index (κ2) is 23.3. The van der Waals surface area contributed by atoms with Gasteiger partial charge in [0, 0.05) is 6.20 Å². The Morgan fingerprint density at radius 2 is 1.48 bits per heavy atom. The highest BCUT2D eigenvalue weighted by atomic mass is 31.2. The molecule has 3 heterocycles. The van der Waals surface area contributed by atoms with Crippen LogP contribution in [0, 0.1) is 11.3 Å². The Labute approximate surface area is 321 Å². The van der Waals surface area contributed by atoms with Gasteiger partial charge < -0.3 is 30.3 Å². The van der Waals surface area contributed by atoms with Crippen LogP contribution in [0.1, 0.15) is 134 Å². The molecular weight excluding hydrogens is 707 g/mol. The fourth-order valence-corrected chi connectivity index (χ4v) is 7.88. The number of phosphoric acid groups is 1. The fourth-order valence-electron chi connectivity index (χ4n) is 7.12.